The summed E-state index contributed by atoms with van der Waals surface area (Å²) in [7, 11) is 0. The summed E-state index contributed by atoms with van der Waals surface area (Å²) in [6.45, 7) is 11.9. The van der Waals surface area contributed by atoms with Crippen molar-refractivity contribution in [2.75, 3.05) is 13.1 Å². The van der Waals surface area contributed by atoms with Crippen LogP contribution < -0.4 is 5.32 Å². The van der Waals surface area contributed by atoms with Crippen LogP contribution in [0.2, 0.25) is 0 Å². The number of hydrogen-bond acceptors (Lipinski definition) is 5. The second-order valence-corrected chi connectivity index (χ2v) is 5.85. The molecule has 0 radical (unpaired) electrons. The van der Waals surface area contributed by atoms with E-state index in [1.54, 1.807) is 0 Å². The number of rotatable bonds is 4. The van der Waals surface area contributed by atoms with Crippen LogP contribution in [-0.4, -0.2) is 40.2 Å². The average Bonchev–Trinajstić information content (AvgIpc) is 2.81. The Balaban J connectivity index is 2.04. The van der Waals surface area contributed by atoms with E-state index >= 15 is 0 Å². The van der Waals surface area contributed by atoms with Gasteiger partial charge in [-0.25, -0.2) is 0 Å². The largest absolute Gasteiger partial charge is 0.343 e. The van der Waals surface area contributed by atoms with Crippen molar-refractivity contribution in [2.24, 2.45) is 11.8 Å². The maximum absolute atomic E-state index is 4.82. The lowest BCUT2D eigenvalue weighted by Crippen LogP contribution is -2.59. The highest BCUT2D eigenvalue weighted by Gasteiger charge is 2.31. The molecule has 18 heavy (non-hydrogen) atoms. The van der Waals surface area contributed by atoms with Crippen molar-refractivity contribution in [1.82, 2.24) is 20.4 Å². The summed E-state index contributed by atoms with van der Waals surface area (Å²) in [5.74, 6) is 2.05. The first kappa shape index (κ1) is 13.5. The molecule has 0 saturated carbocycles. The molecule has 2 unspecified atom stereocenters. The molecule has 1 aromatic rings. The molecule has 1 saturated heterocycles. The Kier molecular flexibility index (Phi) is 4.35. The zero-order chi connectivity index (χ0) is 13.1. The van der Waals surface area contributed by atoms with Gasteiger partial charge in [0.15, 0.2) is 5.82 Å². The Bertz CT molecular complexity index is 350. The van der Waals surface area contributed by atoms with Gasteiger partial charge in [-0.05, 0) is 11.8 Å². The van der Waals surface area contributed by atoms with E-state index in [1.807, 2.05) is 0 Å². The Morgan fingerprint density at radius 1 is 1.39 bits per heavy atom. The van der Waals surface area contributed by atoms with Crippen LogP contribution in [0.15, 0.2) is 10.9 Å². The topological polar surface area (TPSA) is 54.2 Å². The second-order valence-electron chi connectivity index (χ2n) is 5.85. The van der Waals surface area contributed by atoms with Crippen molar-refractivity contribution < 1.29 is 4.52 Å². The van der Waals surface area contributed by atoms with E-state index in [4.69, 9.17) is 4.52 Å². The third-order valence-corrected chi connectivity index (χ3v) is 3.82. The van der Waals surface area contributed by atoms with Gasteiger partial charge in [0.2, 0.25) is 6.39 Å². The van der Waals surface area contributed by atoms with Gasteiger partial charge in [0, 0.05) is 25.2 Å². The fourth-order valence-corrected chi connectivity index (χ4v) is 2.58. The molecule has 0 aliphatic carbocycles. The van der Waals surface area contributed by atoms with Gasteiger partial charge in [-0.2, -0.15) is 4.98 Å². The van der Waals surface area contributed by atoms with E-state index in [1.165, 1.54) is 6.39 Å². The van der Waals surface area contributed by atoms with Gasteiger partial charge in [0.25, 0.3) is 0 Å². The van der Waals surface area contributed by atoms with Crippen molar-refractivity contribution in [2.45, 2.75) is 46.3 Å². The third-order valence-electron chi connectivity index (χ3n) is 3.82. The summed E-state index contributed by atoms with van der Waals surface area (Å²) in [6, 6.07) is 1.09. The zero-order valence-electron chi connectivity index (χ0n) is 11.8. The lowest BCUT2D eigenvalue weighted by atomic mass is 9.94. The quantitative estimate of drug-likeness (QED) is 0.880. The summed E-state index contributed by atoms with van der Waals surface area (Å²) in [5, 5.41) is 7.58. The molecule has 1 fully saturated rings. The van der Waals surface area contributed by atoms with Crippen molar-refractivity contribution in [3.63, 3.8) is 0 Å². The Morgan fingerprint density at radius 2 is 2.17 bits per heavy atom. The summed E-state index contributed by atoms with van der Waals surface area (Å²) >= 11 is 0. The van der Waals surface area contributed by atoms with E-state index in [-0.39, 0.29) is 0 Å². The summed E-state index contributed by atoms with van der Waals surface area (Å²) in [5.41, 5.74) is 0. The number of piperazine rings is 1. The Morgan fingerprint density at radius 3 is 2.72 bits per heavy atom. The molecule has 0 spiro atoms. The fraction of sp³-hybridized carbons (Fsp3) is 0.846. The van der Waals surface area contributed by atoms with Gasteiger partial charge in [-0.15, -0.1) is 0 Å². The lowest BCUT2D eigenvalue weighted by Gasteiger charge is -2.43. The van der Waals surface area contributed by atoms with E-state index in [0.29, 0.717) is 23.9 Å². The predicted molar refractivity (Wildman–Crippen MR) is 70.0 cm³/mol. The molecule has 0 aromatic carbocycles. The molecule has 0 amide bonds. The number of nitrogens with one attached hydrogen (secondary N) is 1. The van der Waals surface area contributed by atoms with E-state index < -0.39 is 0 Å². The Hall–Kier alpha value is -0.940. The van der Waals surface area contributed by atoms with Gasteiger partial charge in [0.1, 0.15) is 0 Å². The first-order valence-corrected chi connectivity index (χ1v) is 6.80. The molecule has 2 heterocycles. The van der Waals surface area contributed by atoms with Gasteiger partial charge < -0.3 is 9.84 Å². The number of aromatic nitrogens is 2. The van der Waals surface area contributed by atoms with Crippen LogP contribution in [0, 0.1) is 11.8 Å². The molecule has 5 heteroatoms. The van der Waals surface area contributed by atoms with Gasteiger partial charge in [-0.3, -0.25) is 4.90 Å². The maximum atomic E-state index is 4.82. The highest BCUT2D eigenvalue weighted by atomic mass is 16.5. The fourth-order valence-electron chi connectivity index (χ4n) is 2.58. The maximum Gasteiger partial charge on any atom is 0.213 e. The van der Waals surface area contributed by atoms with E-state index in [0.717, 1.165) is 25.5 Å². The molecule has 5 nitrogen and oxygen atoms in total. The van der Waals surface area contributed by atoms with Crippen LogP contribution in [0.5, 0.6) is 0 Å². The lowest BCUT2D eigenvalue weighted by molar-refractivity contribution is 0.0753. The van der Waals surface area contributed by atoms with Crippen LogP contribution in [0.25, 0.3) is 0 Å². The standard InChI is InChI=1S/C13H24N4O/c1-9(2)11-6-17(7-13-15-8-18-16-13)12(5-14-11)10(3)4/h8-12,14H,5-7H2,1-4H3. The summed E-state index contributed by atoms with van der Waals surface area (Å²) in [4.78, 5) is 6.62. The molecule has 2 rings (SSSR count). The average molecular weight is 252 g/mol. The van der Waals surface area contributed by atoms with Crippen molar-refractivity contribution in [3.05, 3.63) is 12.2 Å². The van der Waals surface area contributed by atoms with Gasteiger partial charge in [0.05, 0.1) is 6.54 Å². The number of hydrogen-bond donors (Lipinski definition) is 1. The minimum absolute atomic E-state index is 0.540. The van der Waals surface area contributed by atoms with Crippen LogP contribution in [0.1, 0.15) is 33.5 Å². The van der Waals surface area contributed by atoms with Crippen LogP contribution in [0.3, 0.4) is 0 Å². The van der Waals surface area contributed by atoms with Crippen molar-refractivity contribution in [1.29, 1.82) is 0 Å². The minimum Gasteiger partial charge on any atom is -0.343 e. The SMILES string of the molecule is CC(C)C1CN(Cc2ncon2)C(C(C)C)CN1. The first-order chi connectivity index (χ1) is 8.58. The predicted octanol–water partition coefficient (Wildman–Crippen LogP) is 1.52. The molecular weight excluding hydrogens is 228 g/mol. The molecular formula is C13H24N4O. The molecule has 1 N–H and O–H groups in total. The highest BCUT2D eigenvalue weighted by Crippen LogP contribution is 2.19. The highest BCUT2D eigenvalue weighted by molar-refractivity contribution is 4.91. The third kappa shape index (κ3) is 3.09. The Labute approximate surface area is 109 Å². The monoisotopic (exact) mass is 252 g/mol. The van der Waals surface area contributed by atoms with E-state index in [2.05, 4.69) is 48.1 Å². The minimum atomic E-state index is 0.540. The molecule has 1 aliphatic heterocycles. The van der Waals surface area contributed by atoms with Gasteiger partial charge >= 0.3 is 0 Å². The molecule has 102 valence electrons. The van der Waals surface area contributed by atoms with Crippen molar-refractivity contribution in [3.8, 4) is 0 Å². The van der Waals surface area contributed by atoms with Crippen LogP contribution >= 0.6 is 0 Å². The summed E-state index contributed by atoms with van der Waals surface area (Å²) in [6.07, 6.45) is 1.40. The number of nitrogens with zero attached hydrogens (tertiary/aromatic N) is 3. The van der Waals surface area contributed by atoms with E-state index in [9.17, 15) is 0 Å². The summed E-state index contributed by atoms with van der Waals surface area (Å²) < 4.78 is 4.82. The molecule has 1 aromatic heterocycles. The van der Waals surface area contributed by atoms with Crippen LogP contribution in [-0.2, 0) is 6.54 Å². The normalized spacial score (nSPS) is 26.1. The van der Waals surface area contributed by atoms with Crippen LogP contribution in [0.4, 0.5) is 0 Å². The first-order valence-electron chi connectivity index (χ1n) is 6.80. The molecule has 2 atom stereocenters. The van der Waals surface area contributed by atoms with Crippen molar-refractivity contribution >= 4 is 0 Å². The van der Waals surface area contributed by atoms with Gasteiger partial charge in [-0.1, -0.05) is 32.9 Å². The molecule has 1 aliphatic rings. The second kappa shape index (κ2) is 5.80. The molecule has 0 bridgehead atoms. The smallest absolute Gasteiger partial charge is 0.213 e. The zero-order valence-corrected chi connectivity index (χ0v) is 11.8.